The van der Waals surface area contributed by atoms with Gasteiger partial charge in [0.05, 0.1) is 11.6 Å². The van der Waals surface area contributed by atoms with Crippen molar-refractivity contribution in [1.29, 1.82) is 5.26 Å². The Morgan fingerprint density at radius 1 is 1.12 bits per heavy atom. The monoisotopic (exact) mass is 343 g/mol. The smallest absolute Gasteiger partial charge is 0.313 e. The molecule has 0 aliphatic rings. The molecule has 124 valence electrons. The van der Waals surface area contributed by atoms with Gasteiger partial charge < -0.3 is 8.98 Å². The van der Waals surface area contributed by atoms with Crippen molar-refractivity contribution in [2.24, 2.45) is 0 Å². The molecule has 0 amide bonds. The quantitative estimate of drug-likeness (QED) is 0.722. The number of Topliss-reactive ketones (excluding diaryl/α,β-unsaturated/α-hetero) is 1. The molecule has 0 radical (unpaired) electrons. The van der Waals surface area contributed by atoms with Gasteiger partial charge in [0.1, 0.15) is 17.3 Å². The minimum absolute atomic E-state index is 0.109. The number of rotatable bonds is 7. The van der Waals surface area contributed by atoms with Crippen molar-refractivity contribution in [2.45, 2.75) is 25.5 Å². The average Bonchev–Trinajstić information content (AvgIpc) is 2.53. The Labute approximate surface area is 141 Å². The average molecular weight is 343 g/mol. The van der Waals surface area contributed by atoms with Crippen molar-refractivity contribution >= 4 is 15.9 Å². The van der Waals surface area contributed by atoms with Crippen molar-refractivity contribution in [3.05, 3.63) is 65.2 Å². The predicted molar refractivity (Wildman–Crippen MR) is 89.9 cm³/mol. The summed E-state index contributed by atoms with van der Waals surface area (Å²) in [6.07, 6.45) is 1.07. The van der Waals surface area contributed by atoms with E-state index in [0.29, 0.717) is 24.0 Å². The number of carbonyl (C=O) groups excluding carboxylic acids is 1. The first-order chi connectivity index (χ1) is 11.4. The second-order valence-electron chi connectivity index (χ2n) is 5.44. The Bertz CT molecular complexity index is 865. The minimum atomic E-state index is -3.81. The molecule has 0 bridgehead atoms. The van der Waals surface area contributed by atoms with E-state index in [0.717, 1.165) is 5.56 Å². The fourth-order valence-electron chi connectivity index (χ4n) is 2.14. The largest absolute Gasteiger partial charge is 0.382 e. The molecule has 5 nitrogen and oxygen atoms in total. The zero-order valence-electron chi connectivity index (χ0n) is 13.2. The van der Waals surface area contributed by atoms with Crippen molar-refractivity contribution < 1.29 is 17.4 Å². The van der Waals surface area contributed by atoms with Crippen molar-refractivity contribution in [3.8, 4) is 11.8 Å². The molecule has 0 saturated carbocycles. The highest BCUT2D eigenvalue weighted by atomic mass is 32.2. The van der Waals surface area contributed by atoms with Gasteiger partial charge in [0.2, 0.25) is 0 Å². The summed E-state index contributed by atoms with van der Waals surface area (Å²) < 4.78 is 29.3. The molecule has 0 saturated heterocycles. The molecule has 0 aliphatic carbocycles. The van der Waals surface area contributed by atoms with Crippen LogP contribution in [0.3, 0.4) is 0 Å². The van der Waals surface area contributed by atoms with Gasteiger partial charge in [-0.15, -0.1) is 0 Å². The van der Waals surface area contributed by atoms with E-state index in [1.165, 1.54) is 13.0 Å². The fourth-order valence-corrected chi connectivity index (χ4v) is 3.19. The third kappa shape index (κ3) is 5.52. The molecular weight excluding hydrogens is 326 g/mol. The van der Waals surface area contributed by atoms with E-state index in [-0.39, 0.29) is 17.3 Å². The predicted octanol–water partition coefficient (Wildman–Crippen LogP) is 2.99. The van der Waals surface area contributed by atoms with E-state index in [2.05, 4.69) is 0 Å². The summed E-state index contributed by atoms with van der Waals surface area (Å²) >= 11 is 0. The summed E-state index contributed by atoms with van der Waals surface area (Å²) in [5.41, 5.74) is 1.83. The molecule has 2 aromatic rings. The lowest BCUT2D eigenvalue weighted by Gasteiger charge is -2.08. The number of nitriles is 1. The number of hydrogen-bond donors (Lipinski definition) is 0. The highest BCUT2D eigenvalue weighted by molar-refractivity contribution is 7.86. The molecular formula is C18H17NO4S. The summed E-state index contributed by atoms with van der Waals surface area (Å²) in [6, 6.07) is 15.0. The summed E-state index contributed by atoms with van der Waals surface area (Å²) in [6.45, 7) is 1.53. The zero-order valence-corrected chi connectivity index (χ0v) is 14.0. The molecule has 2 rings (SSSR count). The number of nitrogens with zero attached hydrogens (tertiary/aromatic N) is 1. The maximum Gasteiger partial charge on any atom is 0.313 e. The molecule has 0 atom stereocenters. The van der Waals surface area contributed by atoms with Gasteiger partial charge in [0, 0.05) is 6.42 Å². The summed E-state index contributed by atoms with van der Waals surface area (Å²) in [5, 5.41) is 8.85. The van der Waals surface area contributed by atoms with Gasteiger partial charge in [-0.3, -0.25) is 0 Å². The molecule has 0 aromatic heterocycles. The van der Waals surface area contributed by atoms with Gasteiger partial charge in [-0.05, 0) is 48.7 Å². The van der Waals surface area contributed by atoms with Crippen molar-refractivity contribution in [1.82, 2.24) is 0 Å². The molecule has 2 aromatic carbocycles. The Kier molecular flexibility index (Phi) is 5.72. The third-order valence-corrected chi connectivity index (χ3v) is 4.45. The lowest BCUT2D eigenvalue weighted by molar-refractivity contribution is -0.116. The third-order valence-electron chi connectivity index (χ3n) is 3.31. The summed E-state index contributed by atoms with van der Waals surface area (Å²) in [7, 11) is -3.81. The van der Waals surface area contributed by atoms with Crippen molar-refractivity contribution in [2.75, 3.05) is 0 Å². The lowest BCUT2D eigenvalue weighted by Crippen LogP contribution is -2.12. The first kappa shape index (κ1) is 17.7. The highest BCUT2D eigenvalue weighted by Crippen LogP contribution is 2.18. The van der Waals surface area contributed by atoms with E-state index < -0.39 is 10.1 Å². The topological polar surface area (TPSA) is 84.2 Å². The van der Waals surface area contributed by atoms with Crippen LogP contribution in [0.2, 0.25) is 0 Å². The Balaban J connectivity index is 2.03. The number of aryl methyl sites for hydroxylation is 1. The summed E-state index contributed by atoms with van der Waals surface area (Å²) in [4.78, 5) is 11.0. The summed E-state index contributed by atoms with van der Waals surface area (Å²) in [5.74, 6) is 0.0183. The number of benzene rings is 2. The van der Waals surface area contributed by atoms with Crippen LogP contribution in [0.25, 0.3) is 0 Å². The maximum absolute atomic E-state index is 12.1. The van der Waals surface area contributed by atoms with Crippen LogP contribution in [0, 0.1) is 11.3 Å². The number of carbonyl (C=O) groups is 1. The van der Waals surface area contributed by atoms with Crippen LogP contribution < -0.4 is 4.18 Å². The molecule has 0 spiro atoms. The van der Waals surface area contributed by atoms with Crippen LogP contribution in [0.1, 0.15) is 30.0 Å². The van der Waals surface area contributed by atoms with E-state index >= 15 is 0 Å². The van der Waals surface area contributed by atoms with Gasteiger partial charge in [-0.1, -0.05) is 24.3 Å². The maximum atomic E-state index is 12.1. The van der Waals surface area contributed by atoms with Crippen LogP contribution in [0.15, 0.2) is 48.5 Å². The second kappa shape index (κ2) is 7.75. The second-order valence-corrected chi connectivity index (χ2v) is 7.01. The molecule has 0 fully saturated rings. The van der Waals surface area contributed by atoms with Crippen LogP contribution in [-0.2, 0) is 27.1 Å². The molecule has 0 aliphatic heterocycles. The highest BCUT2D eigenvalue weighted by Gasteiger charge is 2.14. The van der Waals surface area contributed by atoms with E-state index in [4.69, 9.17) is 9.44 Å². The fraction of sp³-hybridized carbons (Fsp3) is 0.222. The zero-order chi connectivity index (χ0) is 17.6. The normalized spacial score (nSPS) is 10.8. The van der Waals surface area contributed by atoms with E-state index in [1.54, 1.807) is 42.5 Å². The molecule has 24 heavy (non-hydrogen) atoms. The molecule has 0 N–H and O–H groups in total. The van der Waals surface area contributed by atoms with Gasteiger partial charge in [0.25, 0.3) is 0 Å². The Morgan fingerprint density at radius 2 is 1.83 bits per heavy atom. The first-order valence-corrected chi connectivity index (χ1v) is 8.95. The lowest BCUT2D eigenvalue weighted by atomic mass is 10.1. The van der Waals surface area contributed by atoms with Gasteiger partial charge in [-0.25, -0.2) is 0 Å². The minimum Gasteiger partial charge on any atom is -0.382 e. The van der Waals surface area contributed by atoms with Crippen LogP contribution in [0.5, 0.6) is 5.75 Å². The number of ketones is 1. The first-order valence-electron chi connectivity index (χ1n) is 7.37. The van der Waals surface area contributed by atoms with Crippen molar-refractivity contribution in [3.63, 3.8) is 0 Å². The van der Waals surface area contributed by atoms with E-state index in [9.17, 15) is 13.2 Å². The van der Waals surface area contributed by atoms with E-state index in [1.807, 2.05) is 6.07 Å². The van der Waals surface area contributed by atoms with Gasteiger partial charge in [0.15, 0.2) is 0 Å². The van der Waals surface area contributed by atoms with Crippen LogP contribution >= 0.6 is 0 Å². The Morgan fingerprint density at radius 3 is 2.46 bits per heavy atom. The van der Waals surface area contributed by atoms with Crippen LogP contribution in [0.4, 0.5) is 0 Å². The molecule has 0 unspecified atom stereocenters. The van der Waals surface area contributed by atoms with Gasteiger partial charge >= 0.3 is 10.1 Å². The Hall–Kier alpha value is -2.65. The molecule has 0 heterocycles. The van der Waals surface area contributed by atoms with Gasteiger partial charge in [-0.2, -0.15) is 13.7 Å². The van der Waals surface area contributed by atoms with Crippen LogP contribution in [-0.4, -0.2) is 14.2 Å². The standard InChI is InChI=1S/C18H17NO4S/c1-14(20)5-6-15-7-9-18(10-8-15)23-24(21,22)13-17-4-2-3-16(11-17)12-19/h2-4,7-11H,5-6,13H2,1H3. The number of hydrogen-bond acceptors (Lipinski definition) is 5. The SMILES string of the molecule is CC(=O)CCc1ccc(OS(=O)(=O)Cc2cccc(C#N)c2)cc1. The molecule has 6 heteroatoms.